The summed E-state index contributed by atoms with van der Waals surface area (Å²) in [7, 11) is 0. The molecule has 1 aliphatic heterocycles. The molecule has 0 atom stereocenters. The van der Waals surface area contributed by atoms with Crippen LogP contribution >= 0.6 is 0 Å². The number of hydrogen-bond donors (Lipinski definition) is 0. The quantitative estimate of drug-likeness (QED) is 0.776. The van der Waals surface area contributed by atoms with Crippen molar-refractivity contribution < 1.29 is 4.39 Å². The molecule has 0 saturated heterocycles. The average Bonchev–Trinajstić information content (AvgIpc) is 2.73. The first kappa shape index (κ1) is 11.4. The molecule has 1 nitrogen and oxygen atoms in total. The van der Waals surface area contributed by atoms with E-state index in [1.54, 1.807) is 12.1 Å². The van der Waals surface area contributed by atoms with Crippen LogP contribution in [0.5, 0.6) is 0 Å². The molecule has 2 aromatic rings. The third kappa shape index (κ3) is 2.29. The predicted molar refractivity (Wildman–Crippen MR) is 70.3 cm³/mol. The van der Waals surface area contributed by atoms with Crippen molar-refractivity contribution in [2.75, 3.05) is 0 Å². The van der Waals surface area contributed by atoms with E-state index in [2.05, 4.69) is 24.0 Å². The molecule has 0 unspecified atom stereocenters. The second-order valence-corrected chi connectivity index (χ2v) is 4.87. The van der Waals surface area contributed by atoms with Gasteiger partial charge in [0.25, 0.3) is 0 Å². The van der Waals surface area contributed by atoms with Crippen LogP contribution in [0, 0.1) is 12.7 Å². The highest BCUT2D eigenvalue weighted by atomic mass is 19.1. The molecule has 1 aliphatic rings. The largest absolute Gasteiger partial charge is 0.291 e. The second-order valence-electron chi connectivity index (χ2n) is 4.87. The lowest BCUT2D eigenvalue weighted by molar-refractivity contribution is 0.275. The summed E-state index contributed by atoms with van der Waals surface area (Å²) in [6.45, 7) is 6.52. The van der Waals surface area contributed by atoms with E-state index in [1.807, 2.05) is 18.2 Å². The van der Waals surface area contributed by atoms with E-state index in [0.29, 0.717) is 0 Å². The molecule has 2 aromatic carbocycles. The Labute approximate surface area is 107 Å². The lowest BCUT2D eigenvalue weighted by atomic mass is 10.1. The third-order valence-electron chi connectivity index (χ3n) is 3.39. The molecule has 0 N–H and O–H groups in total. The van der Waals surface area contributed by atoms with Crippen molar-refractivity contribution in [3.8, 4) is 0 Å². The third-order valence-corrected chi connectivity index (χ3v) is 3.39. The molecule has 1 radical (unpaired) electrons. The molecule has 0 saturated carbocycles. The highest BCUT2D eigenvalue weighted by Crippen LogP contribution is 2.24. The minimum Gasteiger partial charge on any atom is -0.291 e. The fraction of sp³-hybridized carbons (Fsp3) is 0.188. The number of hydrogen-bond acceptors (Lipinski definition) is 1. The van der Waals surface area contributed by atoms with Gasteiger partial charge in [-0.25, -0.2) is 4.39 Å². The lowest BCUT2D eigenvalue weighted by Gasteiger charge is -2.14. The molecule has 0 amide bonds. The molecule has 2 heteroatoms. The summed E-state index contributed by atoms with van der Waals surface area (Å²) in [5.41, 5.74) is 4.66. The van der Waals surface area contributed by atoms with E-state index < -0.39 is 0 Å². The van der Waals surface area contributed by atoms with Crippen LogP contribution in [0.4, 0.5) is 4.39 Å². The van der Waals surface area contributed by atoms with Gasteiger partial charge in [0.05, 0.1) is 0 Å². The Morgan fingerprint density at radius 3 is 2.50 bits per heavy atom. The van der Waals surface area contributed by atoms with Crippen LogP contribution in [0.1, 0.15) is 22.3 Å². The Morgan fingerprint density at radius 2 is 1.72 bits per heavy atom. The highest BCUT2D eigenvalue weighted by molar-refractivity contribution is 5.31. The van der Waals surface area contributed by atoms with Gasteiger partial charge >= 0.3 is 0 Å². The van der Waals surface area contributed by atoms with Crippen LogP contribution in [-0.2, 0) is 19.6 Å². The molecule has 0 bridgehead atoms. The van der Waals surface area contributed by atoms with Gasteiger partial charge in [-0.05, 0) is 41.3 Å². The van der Waals surface area contributed by atoms with Gasteiger partial charge in [-0.15, -0.1) is 0 Å². The fourth-order valence-electron chi connectivity index (χ4n) is 2.45. The van der Waals surface area contributed by atoms with E-state index in [1.165, 1.54) is 11.1 Å². The van der Waals surface area contributed by atoms with Crippen molar-refractivity contribution in [2.45, 2.75) is 19.6 Å². The maximum Gasteiger partial charge on any atom is 0.123 e. The standard InChI is InChI=1S/C16H15FN/c1-12-2-4-13(5-3-12)9-18-10-14-6-7-16(17)8-15(14)11-18/h2-8H,1,9-11H2. The number of benzene rings is 2. The predicted octanol–water partition coefficient (Wildman–Crippen LogP) is 3.52. The molecular formula is C16H15FN. The van der Waals surface area contributed by atoms with Crippen molar-refractivity contribution in [1.29, 1.82) is 0 Å². The molecule has 0 fully saturated rings. The minimum atomic E-state index is -0.142. The first-order valence-electron chi connectivity index (χ1n) is 6.11. The normalized spacial score (nSPS) is 14.8. The molecule has 91 valence electrons. The van der Waals surface area contributed by atoms with Gasteiger partial charge in [0.2, 0.25) is 0 Å². The summed E-state index contributed by atoms with van der Waals surface area (Å²) in [5, 5.41) is 0. The smallest absolute Gasteiger partial charge is 0.123 e. The van der Waals surface area contributed by atoms with E-state index in [-0.39, 0.29) is 5.82 Å². The molecule has 18 heavy (non-hydrogen) atoms. The molecule has 0 spiro atoms. The highest BCUT2D eigenvalue weighted by Gasteiger charge is 2.19. The number of rotatable bonds is 2. The van der Waals surface area contributed by atoms with Crippen molar-refractivity contribution in [2.24, 2.45) is 0 Å². The van der Waals surface area contributed by atoms with Gasteiger partial charge in [0.15, 0.2) is 0 Å². The number of fused-ring (bicyclic) bond motifs is 1. The Bertz CT molecular complexity index is 560. The maximum absolute atomic E-state index is 13.1. The van der Waals surface area contributed by atoms with Crippen LogP contribution in [0.25, 0.3) is 0 Å². The molecule has 0 aromatic heterocycles. The number of nitrogens with zero attached hydrogens (tertiary/aromatic N) is 1. The summed E-state index contributed by atoms with van der Waals surface area (Å²) >= 11 is 0. The van der Waals surface area contributed by atoms with Crippen molar-refractivity contribution in [3.63, 3.8) is 0 Å². The van der Waals surface area contributed by atoms with Crippen LogP contribution < -0.4 is 0 Å². The summed E-state index contributed by atoms with van der Waals surface area (Å²) in [4.78, 5) is 2.32. The lowest BCUT2D eigenvalue weighted by Crippen LogP contribution is -2.15. The van der Waals surface area contributed by atoms with Crippen LogP contribution in [-0.4, -0.2) is 4.90 Å². The van der Waals surface area contributed by atoms with E-state index >= 15 is 0 Å². The molecular weight excluding hydrogens is 225 g/mol. The zero-order valence-corrected chi connectivity index (χ0v) is 10.2. The van der Waals surface area contributed by atoms with Crippen LogP contribution in [0.15, 0.2) is 42.5 Å². The first-order valence-corrected chi connectivity index (χ1v) is 6.11. The van der Waals surface area contributed by atoms with Crippen molar-refractivity contribution >= 4 is 0 Å². The van der Waals surface area contributed by atoms with Gasteiger partial charge < -0.3 is 0 Å². The maximum atomic E-state index is 13.1. The van der Waals surface area contributed by atoms with Crippen LogP contribution in [0.3, 0.4) is 0 Å². The summed E-state index contributed by atoms with van der Waals surface area (Å²) in [6, 6.07) is 13.3. The Kier molecular flexibility index (Phi) is 2.88. The SMILES string of the molecule is [CH2]c1ccc(CN2Cc3ccc(F)cc3C2)cc1. The zero-order valence-electron chi connectivity index (χ0n) is 10.2. The van der Waals surface area contributed by atoms with Gasteiger partial charge in [0, 0.05) is 19.6 Å². The summed E-state index contributed by atoms with van der Waals surface area (Å²) in [6.07, 6.45) is 0. The molecule has 1 heterocycles. The Balaban J connectivity index is 1.72. The van der Waals surface area contributed by atoms with Gasteiger partial charge in [-0.2, -0.15) is 0 Å². The summed E-state index contributed by atoms with van der Waals surface area (Å²) < 4.78 is 13.1. The van der Waals surface area contributed by atoms with Gasteiger partial charge in [-0.1, -0.05) is 30.3 Å². The zero-order chi connectivity index (χ0) is 12.5. The van der Waals surface area contributed by atoms with Crippen molar-refractivity contribution in [3.05, 3.63) is 77.5 Å². The fourth-order valence-corrected chi connectivity index (χ4v) is 2.45. The minimum absolute atomic E-state index is 0.142. The van der Waals surface area contributed by atoms with E-state index in [0.717, 1.165) is 30.8 Å². The van der Waals surface area contributed by atoms with Gasteiger partial charge in [-0.3, -0.25) is 4.90 Å². The number of halogens is 1. The molecule has 3 rings (SSSR count). The monoisotopic (exact) mass is 240 g/mol. The van der Waals surface area contributed by atoms with Crippen molar-refractivity contribution in [1.82, 2.24) is 4.90 Å². The Morgan fingerprint density at radius 1 is 1.00 bits per heavy atom. The topological polar surface area (TPSA) is 3.24 Å². The average molecular weight is 240 g/mol. The van der Waals surface area contributed by atoms with E-state index in [9.17, 15) is 4.39 Å². The van der Waals surface area contributed by atoms with Crippen LogP contribution in [0.2, 0.25) is 0 Å². The first-order chi connectivity index (χ1) is 8.70. The Hall–Kier alpha value is -1.67. The van der Waals surface area contributed by atoms with Gasteiger partial charge in [0.1, 0.15) is 5.82 Å². The second kappa shape index (κ2) is 4.54. The molecule has 0 aliphatic carbocycles. The summed E-state index contributed by atoms with van der Waals surface area (Å²) in [5.74, 6) is -0.142. The van der Waals surface area contributed by atoms with E-state index in [4.69, 9.17) is 0 Å².